The molecular formula is C68H116N2Ni. The topological polar surface area (TPSA) is 24.7 Å². The fraction of sp³-hybridized carbons (Fsp3) is 0.735. The first kappa shape index (κ1) is 66.8. The van der Waals surface area contributed by atoms with E-state index in [4.69, 9.17) is 9.98 Å². The van der Waals surface area contributed by atoms with Crippen LogP contribution in [0.1, 0.15) is 321 Å². The third-order valence-electron chi connectivity index (χ3n) is 14.8. The zero-order valence-corrected chi connectivity index (χ0v) is 48.4. The van der Waals surface area contributed by atoms with Gasteiger partial charge in [0, 0.05) is 22.7 Å². The third-order valence-corrected chi connectivity index (χ3v) is 14.8. The smallest absolute Gasteiger partial charge is 0.0665 e. The Balaban J connectivity index is 0.0000252. The van der Waals surface area contributed by atoms with Crippen LogP contribution in [0.3, 0.4) is 0 Å². The first-order chi connectivity index (χ1) is 34.8. The Labute approximate surface area is 453 Å². The number of rotatable bonds is 52. The van der Waals surface area contributed by atoms with Crippen LogP contribution in [0, 0.1) is 0 Å². The molecule has 0 unspecified atom stereocenters. The first-order valence-corrected chi connectivity index (χ1v) is 31.4. The van der Waals surface area contributed by atoms with Crippen LogP contribution in [0.2, 0.25) is 0 Å². The average Bonchev–Trinajstić information content (AvgIpc) is 3.38. The van der Waals surface area contributed by atoms with Crippen molar-refractivity contribution in [1.29, 1.82) is 0 Å². The molecule has 0 aliphatic carbocycles. The van der Waals surface area contributed by atoms with Crippen LogP contribution in [0.4, 0.5) is 11.4 Å². The Morgan fingerprint density at radius 1 is 0.324 bits per heavy atom. The molecule has 0 aliphatic rings. The van der Waals surface area contributed by atoms with E-state index in [1.165, 1.54) is 268 Å². The zero-order chi connectivity index (χ0) is 49.7. The van der Waals surface area contributed by atoms with Gasteiger partial charge < -0.3 is 0 Å². The molecule has 2 aromatic carbocycles. The molecule has 0 amide bonds. The monoisotopic (exact) mass is 1020 g/mol. The minimum Gasteiger partial charge on any atom is -0.255 e. The molecule has 71 heavy (non-hydrogen) atoms. The summed E-state index contributed by atoms with van der Waals surface area (Å²) in [4.78, 5) is 10.3. The first-order valence-electron chi connectivity index (χ1n) is 31.4. The molecule has 2 rings (SSSR count). The molecule has 0 N–H and O–H groups in total. The van der Waals surface area contributed by atoms with Crippen LogP contribution in [0.15, 0.2) is 82.8 Å². The molecule has 2 nitrogen and oxygen atoms in total. The zero-order valence-electron chi connectivity index (χ0n) is 47.5. The van der Waals surface area contributed by atoms with Gasteiger partial charge in [-0.2, -0.15) is 0 Å². The van der Waals surface area contributed by atoms with Crippen LogP contribution in [0.25, 0.3) is 0 Å². The van der Waals surface area contributed by atoms with Gasteiger partial charge >= 0.3 is 0 Å². The van der Waals surface area contributed by atoms with Gasteiger partial charge in [0.1, 0.15) is 0 Å². The molecule has 0 radical (unpaired) electrons. The number of allylic oxidation sites excluding steroid dienone is 4. The maximum absolute atomic E-state index is 5.25. The van der Waals surface area contributed by atoms with Crippen molar-refractivity contribution in [2.24, 2.45) is 9.98 Å². The Kier molecular flexibility index (Phi) is 50.8. The van der Waals surface area contributed by atoms with Crippen molar-refractivity contribution in [2.75, 3.05) is 0 Å². The van der Waals surface area contributed by atoms with Gasteiger partial charge in [0.15, 0.2) is 0 Å². The molecule has 0 aromatic heterocycles. The second-order valence-electron chi connectivity index (χ2n) is 21.5. The largest absolute Gasteiger partial charge is 0.255 e. The predicted molar refractivity (Wildman–Crippen MR) is 319 cm³/mol. The fourth-order valence-electron chi connectivity index (χ4n) is 10.1. The molecule has 0 saturated heterocycles. The molecule has 0 atom stereocenters. The van der Waals surface area contributed by atoms with E-state index >= 15 is 0 Å². The average molecular weight is 1020 g/mol. The number of para-hydroxylation sites is 2. The third kappa shape index (κ3) is 42.8. The van der Waals surface area contributed by atoms with Crippen LogP contribution in [-0.2, 0) is 29.3 Å². The number of unbranched alkanes of at least 4 members (excludes halogenated alkanes) is 39. The summed E-state index contributed by atoms with van der Waals surface area (Å²) >= 11 is 0. The predicted octanol–water partition coefficient (Wildman–Crippen LogP) is 24.0. The van der Waals surface area contributed by atoms with E-state index in [1.54, 1.807) is 0 Å². The summed E-state index contributed by atoms with van der Waals surface area (Å²) in [6.07, 6.45) is 76.1. The van der Waals surface area contributed by atoms with Crippen LogP contribution >= 0.6 is 0 Å². The second kappa shape index (κ2) is 54.0. The Morgan fingerprint density at radius 2 is 0.606 bits per heavy atom. The van der Waals surface area contributed by atoms with E-state index in [9.17, 15) is 0 Å². The van der Waals surface area contributed by atoms with Crippen molar-refractivity contribution < 1.29 is 16.5 Å². The van der Waals surface area contributed by atoms with Crippen LogP contribution in [0.5, 0.6) is 0 Å². The van der Waals surface area contributed by atoms with Gasteiger partial charge in [0.05, 0.1) is 17.1 Å². The van der Waals surface area contributed by atoms with Crippen molar-refractivity contribution in [3.05, 3.63) is 84.0 Å². The van der Waals surface area contributed by atoms with Crippen molar-refractivity contribution in [1.82, 2.24) is 0 Å². The molecule has 0 spiro atoms. The molecule has 408 valence electrons. The summed E-state index contributed by atoms with van der Waals surface area (Å²) in [6.45, 7) is 6.88. The summed E-state index contributed by atoms with van der Waals surface area (Å²) in [5.41, 5.74) is 6.01. The number of aryl methyl sites for hydroxylation is 2. The molecule has 0 heterocycles. The summed E-state index contributed by atoms with van der Waals surface area (Å²) in [5.74, 6) is 0. The molecule has 0 aliphatic heterocycles. The molecule has 3 heteroatoms. The minimum atomic E-state index is 0. The number of aliphatic imine (C=N–C) groups is 2. The molecule has 0 bridgehead atoms. The summed E-state index contributed by atoms with van der Waals surface area (Å²) in [7, 11) is 0. The van der Waals surface area contributed by atoms with Gasteiger partial charge in [-0.3, -0.25) is 9.98 Å². The normalized spacial score (nSPS) is 12.1. The summed E-state index contributed by atoms with van der Waals surface area (Å²) in [5, 5.41) is 0. The molecule has 2 aromatic rings. The van der Waals surface area contributed by atoms with Crippen molar-refractivity contribution in [2.45, 2.75) is 323 Å². The molecular weight excluding hydrogens is 903 g/mol. The maximum Gasteiger partial charge on any atom is 0.0665 e. The van der Waals surface area contributed by atoms with E-state index in [2.05, 4.69) is 99.8 Å². The minimum absolute atomic E-state index is 0. The molecule has 0 saturated carbocycles. The second-order valence-corrected chi connectivity index (χ2v) is 21.5. The van der Waals surface area contributed by atoms with Gasteiger partial charge in [-0.1, -0.05) is 306 Å². The van der Waals surface area contributed by atoms with Crippen molar-refractivity contribution >= 4 is 23.3 Å². The van der Waals surface area contributed by atoms with Crippen LogP contribution < -0.4 is 0 Å². The van der Waals surface area contributed by atoms with Crippen LogP contribution in [-0.4, -0.2) is 11.9 Å². The SMILES string of the molecule is CCCCCCCCCCCCCCCCCCCC/C=C/CCCc1ccccc1/N=C\C(CCCC)=N\c1ccccc1CCC/C=C/CCCCCCCCCCCCCCCCCCCC.[Ni]. The van der Waals surface area contributed by atoms with Crippen molar-refractivity contribution in [3.63, 3.8) is 0 Å². The van der Waals surface area contributed by atoms with Gasteiger partial charge in [-0.15, -0.1) is 0 Å². The van der Waals surface area contributed by atoms with Crippen molar-refractivity contribution in [3.8, 4) is 0 Å². The number of nitrogens with zero attached hydrogens (tertiary/aromatic N) is 2. The summed E-state index contributed by atoms with van der Waals surface area (Å²) in [6, 6.07) is 17.5. The quantitative estimate of drug-likeness (QED) is 0.0273. The number of hydrogen-bond donors (Lipinski definition) is 0. The van der Waals surface area contributed by atoms with Gasteiger partial charge in [0.25, 0.3) is 0 Å². The Bertz CT molecular complexity index is 1520. The van der Waals surface area contributed by atoms with Gasteiger partial charge in [-0.25, -0.2) is 0 Å². The van der Waals surface area contributed by atoms with E-state index in [0.29, 0.717) is 0 Å². The van der Waals surface area contributed by atoms with E-state index in [-0.39, 0.29) is 16.5 Å². The fourth-order valence-corrected chi connectivity index (χ4v) is 10.1. The van der Waals surface area contributed by atoms with E-state index in [0.717, 1.165) is 62.0 Å². The summed E-state index contributed by atoms with van der Waals surface area (Å²) < 4.78 is 0. The Morgan fingerprint density at radius 3 is 0.958 bits per heavy atom. The van der Waals surface area contributed by atoms with E-state index < -0.39 is 0 Å². The van der Waals surface area contributed by atoms with Gasteiger partial charge in [0.2, 0.25) is 0 Å². The number of hydrogen-bond acceptors (Lipinski definition) is 2. The van der Waals surface area contributed by atoms with E-state index in [1.807, 2.05) is 0 Å². The number of benzene rings is 2. The molecule has 0 fully saturated rings. The van der Waals surface area contributed by atoms with Gasteiger partial charge in [-0.05, 0) is 100 Å². The maximum atomic E-state index is 5.25. The Hall–Kier alpha value is -2.25. The standard InChI is InChI=1S/C68H116N2.Ni/c1-4-7-10-12-14-16-18-20-22-24-26-28-30-32-34-36-38-40-42-44-46-48-50-56-64-58-52-54-61-67(64)69-63-66(60-9-6-3)70-68-62-55-53-59-65(68)57-51-49-47-45-43-41-39-37-35-33-31-29-27-25-23-21-19-17-15-13-11-8-5-2;/h44-47,52-55,58-59,61-63H,4-43,48-51,56-57,60H2,1-3H3;/b46-44+,47-45+,69-63-,70-66+;.